The van der Waals surface area contributed by atoms with E-state index < -0.39 is 173 Å². The number of rotatable bonds is 59. The van der Waals surface area contributed by atoms with E-state index in [1.54, 1.807) is 144 Å². The molecule has 760 valence electrons. The summed E-state index contributed by atoms with van der Waals surface area (Å²) in [6.45, 7) is 14.4. The summed E-state index contributed by atoms with van der Waals surface area (Å²) in [5.74, 6) is -15.0. The van der Waals surface area contributed by atoms with Crippen molar-refractivity contribution in [2.75, 3.05) is 32.7 Å². The molecule has 4 aromatic carbocycles. The summed E-state index contributed by atoms with van der Waals surface area (Å²) in [4.78, 5) is 207. The number of nitrogens with two attached hydrogens (primary N) is 6. The molecule has 0 aliphatic heterocycles. The second kappa shape index (κ2) is 54.9. The summed E-state index contributed by atoms with van der Waals surface area (Å²) in [5.41, 5.74) is 39.3. The van der Waals surface area contributed by atoms with E-state index in [0.29, 0.717) is 85.1 Å². The quantitative estimate of drug-likeness (QED) is 0.0142. The molecule has 44 nitrogen and oxygen atoms in total. The van der Waals surface area contributed by atoms with E-state index in [1.165, 1.54) is 0 Å². The van der Waals surface area contributed by atoms with Gasteiger partial charge in [0.15, 0.2) is 23.8 Å². The topological polar surface area (TPSA) is 749 Å². The third-order valence-corrected chi connectivity index (χ3v) is 24.4. The average molecular weight is 1940 g/mol. The van der Waals surface area contributed by atoms with Crippen molar-refractivity contribution in [1.82, 2.24) is 105 Å². The lowest BCUT2D eigenvalue weighted by Gasteiger charge is -2.30. The van der Waals surface area contributed by atoms with Crippen LogP contribution in [0.1, 0.15) is 161 Å². The Morgan fingerprint density at radius 1 is 0.321 bits per heavy atom. The average Bonchev–Trinajstić information content (AvgIpc) is 1.66. The Balaban J connectivity index is 1.12. The van der Waals surface area contributed by atoms with E-state index in [9.17, 15) is 33.9 Å². The number of hydrogen-bond acceptors (Lipinski definition) is 19. The summed E-state index contributed by atoms with van der Waals surface area (Å²) in [5, 5.41) is 88.3. The van der Waals surface area contributed by atoms with E-state index >= 15 is 33.6 Å². The van der Waals surface area contributed by atoms with Crippen molar-refractivity contribution in [1.29, 1.82) is 21.6 Å². The minimum atomic E-state index is -1.59. The van der Waals surface area contributed by atoms with Crippen LogP contribution in [0.2, 0.25) is 0 Å². The third kappa shape index (κ3) is 34.1. The first kappa shape index (κ1) is 110. The van der Waals surface area contributed by atoms with Crippen LogP contribution >= 0.6 is 0 Å². The number of carboxylic acid groups (broad SMARTS) is 1. The van der Waals surface area contributed by atoms with Gasteiger partial charge in [-0.05, 0) is 154 Å². The molecule has 0 spiro atoms. The van der Waals surface area contributed by atoms with Crippen LogP contribution in [0, 0.1) is 45.3 Å². The highest BCUT2D eigenvalue weighted by atomic mass is 16.4. The summed E-state index contributed by atoms with van der Waals surface area (Å²) < 4.78 is 0. The fraction of sp³-hybridized carbons (Fsp3) is 0.490. The normalized spacial score (nSPS) is 14.4. The first-order valence-electron chi connectivity index (χ1n) is 47.6. The van der Waals surface area contributed by atoms with Gasteiger partial charge >= 0.3 is 5.97 Å². The van der Waals surface area contributed by atoms with Crippen LogP contribution in [0.5, 0.6) is 0 Å². The van der Waals surface area contributed by atoms with Crippen LogP contribution in [0.25, 0.3) is 43.6 Å². The zero-order valence-corrected chi connectivity index (χ0v) is 80.6. The molecule has 140 heavy (non-hydrogen) atoms. The molecule has 0 fully saturated rings. The number of aromatic nitrogens is 4. The number of fused-ring (bicyclic) bond motifs is 4. The fourth-order valence-electron chi connectivity index (χ4n) is 16.4. The molecule has 0 aliphatic carbocycles. The van der Waals surface area contributed by atoms with Gasteiger partial charge in [-0.2, -0.15) is 0 Å². The van der Waals surface area contributed by atoms with Crippen molar-refractivity contribution in [3.63, 3.8) is 0 Å². The number of aliphatic carboxylic acids is 1. The van der Waals surface area contributed by atoms with E-state index in [0.717, 1.165) is 0 Å². The Morgan fingerprint density at radius 2 is 0.564 bits per heavy atom. The van der Waals surface area contributed by atoms with Crippen molar-refractivity contribution >= 4 is 144 Å². The molecule has 44 heteroatoms. The number of nitrogens with one attached hydrogen (secondary N) is 24. The zero-order valence-electron chi connectivity index (χ0n) is 80.6. The van der Waals surface area contributed by atoms with Crippen LogP contribution in [0.3, 0.4) is 0 Å². The summed E-state index contributed by atoms with van der Waals surface area (Å²) >= 11 is 0. The highest BCUT2D eigenvalue weighted by molar-refractivity contribution is 6.02. The lowest BCUT2D eigenvalue weighted by atomic mass is 9.97. The van der Waals surface area contributed by atoms with Gasteiger partial charge in [0.2, 0.25) is 70.9 Å². The van der Waals surface area contributed by atoms with E-state index in [2.05, 4.69) is 105 Å². The maximum Gasteiger partial charge on any atom is 0.326 e. The molecule has 0 bridgehead atoms. The number of amides is 12. The number of carbonyl (C=O) groups excluding carboxylic acids is 12. The smallest absolute Gasteiger partial charge is 0.326 e. The molecule has 14 atom stereocenters. The van der Waals surface area contributed by atoms with Gasteiger partial charge in [-0.3, -0.25) is 79.2 Å². The van der Waals surface area contributed by atoms with Gasteiger partial charge in [0.1, 0.15) is 72.5 Å². The Bertz CT molecular complexity index is 5510. The van der Waals surface area contributed by atoms with Crippen LogP contribution in [-0.2, 0) is 88.0 Å². The molecule has 8 aromatic rings. The standard InChI is InChI=1S/C96H142N30O14/c1-9-54(8)77(98)89(136)122-72(42-51(2)3)84(131)117-67(33-20-38-107-93(99)100)80(127)116-70(36-23-41-110-96(105)106)83(130)120-75(45-57-49-113-65-30-16-12-26-61(57)65)87(134)125-79(53(6)7)91(138)124-74(44-56-48-112-64-29-15-11-25-60(56)64)86(133)121-76(46-58-50-114-66-31-17-13-27-62(58)66)88(135)126-78(52(4)5)90(137)123-73(43-55-47-111-63-28-14-10-24-59(55)63)85(132)118-68(34-21-39-108-94(101)102)81(128)115-69(35-22-40-109-95(103)104)82(129)119-71(92(139)140)32-18-19-37-97/h10-17,24-31,47-54,67-79,111-114H,9,18-23,32-46,97-98H2,1-8H3,(H,115,128)(H,116,127)(H,117,131)(H,118,132)(H,119,129)(H,120,130)(H,121,133)(H,122,136)(H,123,137)(H,124,138)(H,125,134)(H,126,135)(H,139,140)(H4,99,100,107)(H4,101,102,108)(H4,103,104,109)(H4,105,106,110)/t54-,67-,68-,69-,70-,71-,72-,73-,74-,75-,76-,77-,78-,79-/m0/s1. The van der Waals surface area contributed by atoms with E-state index in [1.807, 2.05) is 32.9 Å². The molecular weight excluding hydrogens is 1800 g/mol. The first-order valence-corrected chi connectivity index (χ1v) is 47.6. The molecule has 0 radical (unpaired) electrons. The van der Waals surface area contributed by atoms with Crippen LogP contribution in [-0.4, -0.2) is 237 Å². The SMILES string of the molecule is CC[C@H](C)[C@H](N)C(=O)N[C@@H](CC(C)C)C(=O)N[C@@H](CCCNC(=N)N)C(=O)N[C@@H](CCCNC(=N)N)C(=O)N[C@@H](Cc1c[nH]c2ccccc12)C(=O)N[C@H](C(=O)N[C@@H](Cc1c[nH]c2ccccc12)C(=O)N[C@@H](Cc1c[nH]c2ccccc12)C(=O)N[C@H](C(=O)N[C@@H](Cc1c[nH]c2ccccc12)C(=O)N[C@@H](CCCNC(=N)N)C(=O)N[C@@H](CCCNC(=N)N)C(=O)N[C@@H](CCCCN)C(=O)O)C(C)C)C(C)C. The molecule has 8 rings (SSSR count). The number of H-pyrrole nitrogens is 4. The molecular formula is C96H142N30O14. The van der Waals surface area contributed by atoms with Crippen molar-refractivity contribution in [2.45, 2.75) is 243 Å². The minimum absolute atomic E-state index is 0.0102. The third-order valence-electron chi connectivity index (χ3n) is 24.4. The largest absolute Gasteiger partial charge is 0.480 e. The molecule has 12 amide bonds. The van der Waals surface area contributed by atoms with Crippen molar-refractivity contribution in [2.24, 2.45) is 58.1 Å². The number of hydrogen-bond donors (Lipinski definition) is 31. The molecule has 4 heterocycles. The Morgan fingerprint density at radius 3 is 0.829 bits per heavy atom. The van der Waals surface area contributed by atoms with E-state index in [4.69, 9.17) is 56.0 Å². The highest BCUT2D eigenvalue weighted by Crippen LogP contribution is 2.26. The minimum Gasteiger partial charge on any atom is -0.480 e. The number of aromatic amines is 4. The number of para-hydroxylation sites is 4. The van der Waals surface area contributed by atoms with Gasteiger partial charge in [-0.15, -0.1) is 0 Å². The molecule has 37 N–H and O–H groups in total. The number of unbranched alkanes of at least 4 members (excludes halogenated alkanes) is 1. The molecule has 0 unspecified atom stereocenters. The molecule has 0 saturated carbocycles. The first-order chi connectivity index (χ1) is 66.7. The maximum atomic E-state index is 15.9. The fourth-order valence-corrected chi connectivity index (χ4v) is 16.4. The highest BCUT2D eigenvalue weighted by Gasteiger charge is 2.40. The Labute approximate surface area is 812 Å². The van der Waals surface area contributed by atoms with Crippen LogP contribution in [0.4, 0.5) is 0 Å². The van der Waals surface area contributed by atoms with Gasteiger partial charge in [0.25, 0.3) is 0 Å². The predicted octanol–water partition coefficient (Wildman–Crippen LogP) is 0.698. The Hall–Kier alpha value is -14.9. The summed E-state index contributed by atoms with van der Waals surface area (Å²) in [6.07, 6.45) is 7.16. The lowest BCUT2D eigenvalue weighted by molar-refractivity contribution is -0.142. The van der Waals surface area contributed by atoms with Crippen LogP contribution in [0.15, 0.2) is 122 Å². The van der Waals surface area contributed by atoms with Crippen molar-refractivity contribution in [3.8, 4) is 0 Å². The van der Waals surface area contributed by atoms with Gasteiger partial charge in [0.05, 0.1) is 6.04 Å². The van der Waals surface area contributed by atoms with E-state index in [-0.39, 0.29) is 152 Å². The van der Waals surface area contributed by atoms with Crippen molar-refractivity contribution in [3.05, 3.63) is 144 Å². The second-order valence-corrected chi connectivity index (χ2v) is 36.4. The molecule has 4 aromatic heterocycles. The van der Waals surface area contributed by atoms with Gasteiger partial charge < -0.3 is 145 Å². The summed E-state index contributed by atoms with van der Waals surface area (Å²) in [7, 11) is 0. The number of carbonyl (C=O) groups is 13. The number of guanidine groups is 4. The van der Waals surface area contributed by atoms with Crippen molar-refractivity contribution < 1.29 is 67.4 Å². The number of benzene rings is 4. The summed E-state index contributed by atoms with van der Waals surface area (Å²) in [6, 6.07) is 10.1. The van der Waals surface area contributed by atoms with Crippen LogP contribution < -0.4 is 119 Å². The maximum absolute atomic E-state index is 15.9. The van der Waals surface area contributed by atoms with Gasteiger partial charge in [-0.1, -0.05) is 135 Å². The molecule has 0 aliphatic rings. The van der Waals surface area contributed by atoms with Gasteiger partial charge in [0, 0.05) is 120 Å². The monoisotopic (exact) mass is 1940 g/mol. The lowest BCUT2D eigenvalue weighted by Crippen LogP contribution is -2.62. The van der Waals surface area contributed by atoms with Gasteiger partial charge in [-0.25, -0.2) is 4.79 Å². The number of carboxylic acids is 1. The second-order valence-electron chi connectivity index (χ2n) is 36.4. The zero-order chi connectivity index (χ0) is 102. The molecule has 0 saturated heterocycles. The predicted molar refractivity (Wildman–Crippen MR) is 535 cm³/mol. The Kier molecular flexibility index (Phi) is 43.3.